The Labute approximate surface area is 103 Å². The van der Waals surface area contributed by atoms with E-state index in [0.717, 1.165) is 11.1 Å². The van der Waals surface area contributed by atoms with Gasteiger partial charge in [-0.3, -0.25) is 0 Å². The van der Waals surface area contributed by atoms with Crippen LogP contribution in [0.4, 0.5) is 0 Å². The van der Waals surface area contributed by atoms with Crippen LogP contribution in [-0.4, -0.2) is 5.11 Å². The predicted molar refractivity (Wildman–Crippen MR) is 72.0 cm³/mol. The van der Waals surface area contributed by atoms with Crippen molar-refractivity contribution >= 4 is 0 Å². The Morgan fingerprint density at radius 1 is 0.824 bits per heavy atom. The number of aryl methyl sites for hydroxylation is 3. The highest BCUT2D eigenvalue weighted by molar-refractivity contribution is 5.71. The summed E-state index contributed by atoms with van der Waals surface area (Å²) in [5, 5.41) is 9.45. The fourth-order valence-corrected chi connectivity index (χ4v) is 2.23. The first kappa shape index (κ1) is 11.9. The van der Waals surface area contributed by atoms with Gasteiger partial charge in [-0.15, -0.1) is 0 Å². The Balaban J connectivity index is 2.60. The smallest absolute Gasteiger partial charge is 0.0687 e. The van der Waals surface area contributed by atoms with Crippen LogP contribution in [0.25, 0.3) is 11.1 Å². The maximum atomic E-state index is 9.45. The molecule has 0 fully saturated rings. The molecule has 2 aromatic carbocycles. The predicted octanol–water partition coefficient (Wildman–Crippen LogP) is 3.77. The first-order valence-electron chi connectivity index (χ1n) is 5.90. The van der Waals surface area contributed by atoms with Crippen LogP contribution < -0.4 is 0 Å². The maximum absolute atomic E-state index is 9.45. The van der Waals surface area contributed by atoms with Crippen molar-refractivity contribution in [3.8, 4) is 11.1 Å². The lowest BCUT2D eigenvalue weighted by atomic mass is 9.94. The molecule has 0 radical (unpaired) electrons. The zero-order valence-corrected chi connectivity index (χ0v) is 10.6. The molecule has 0 bridgehead atoms. The Morgan fingerprint density at radius 3 is 2.00 bits per heavy atom. The third-order valence-electron chi connectivity index (χ3n) is 3.10. The first-order valence-corrected chi connectivity index (χ1v) is 5.90. The Hall–Kier alpha value is -1.60. The van der Waals surface area contributed by atoms with Gasteiger partial charge in [-0.25, -0.2) is 0 Å². The Kier molecular flexibility index (Phi) is 3.30. The molecule has 0 saturated heterocycles. The first-order chi connectivity index (χ1) is 8.11. The van der Waals surface area contributed by atoms with Crippen LogP contribution >= 0.6 is 0 Å². The second kappa shape index (κ2) is 4.72. The van der Waals surface area contributed by atoms with Crippen molar-refractivity contribution in [2.24, 2.45) is 0 Å². The number of aliphatic hydroxyl groups excluding tert-OH is 1. The molecule has 0 aliphatic rings. The van der Waals surface area contributed by atoms with E-state index in [0.29, 0.717) is 0 Å². The standard InChI is InChI=1S/C16H18O/c1-11-4-6-15(13(3)8-11)16-7-5-12(2)9-14(16)10-17/h4-9,17H,10H2,1-3H3. The number of rotatable bonds is 2. The summed E-state index contributed by atoms with van der Waals surface area (Å²) in [7, 11) is 0. The molecule has 0 aliphatic heterocycles. The molecular weight excluding hydrogens is 208 g/mol. The van der Waals surface area contributed by atoms with E-state index in [1.807, 2.05) is 6.92 Å². The second-order valence-corrected chi connectivity index (χ2v) is 4.64. The summed E-state index contributed by atoms with van der Waals surface area (Å²) in [4.78, 5) is 0. The number of hydrogen-bond acceptors (Lipinski definition) is 1. The Morgan fingerprint density at radius 2 is 1.41 bits per heavy atom. The van der Waals surface area contributed by atoms with E-state index >= 15 is 0 Å². The van der Waals surface area contributed by atoms with Gasteiger partial charge >= 0.3 is 0 Å². The molecule has 1 heteroatoms. The highest BCUT2D eigenvalue weighted by Gasteiger charge is 2.07. The lowest BCUT2D eigenvalue weighted by Gasteiger charge is -2.12. The fourth-order valence-electron chi connectivity index (χ4n) is 2.23. The quantitative estimate of drug-likeness (QED) is 0.826. The summed E-state index contributed by atoms with van der Waals surface area (Å²) in [5.74, 6) is 0. The van der Waals surface area contributed by atoms with E-state index in [1.165, 1.54) is 22.3 Å². The molecule has 17 heavy (non-hydrogen) atoms. The van der Waals surface area contributed by atoms with E-state index in [1.54, 1.807) is 0 Å². The van der Waals surface area contributed by atoms with Crippen LogP contribution in [0.2, 0.25) is 0 Å². The van der Waals surface area contributed by atoms with Crippen molar-refractivity contribution in [3.63, 3.8) is 0 Å². The van der Waals surface area contributed by atoms with Crippen molar-refractivity contribution in [3.05, 3.63) is 58.7 Å². The average Bonchev–Trinajstić information content (AvgIpc) is 2.30. The summed E-state index contributed by atoms with van der Waals surface area (Å²) in [6.07, 6.45) is 0. The molecule has 2 aromatic rings. The van der Waals surface area contributed by atoms with E-state index in [2.05, 4.69) is 50.2 Å². The van der Waals surface area contributed by atoms with Crippen LogP contribution in [0.5, 0.6) is 0 Å². The number of aliphatic hydroxyl groups is 1. The van der Waals surface area contributed by atoms with Crippen LogP contribution in [0, 0.1) is 20.8 Å². The van der Waals surface area contributed by atoms with Gasteiger partial charge < -0.3 is 5.11 Å². The van der Waals surface area contributed by atoms with Gasteiger partial charge in [0.1, 0.15) is 0 Å². The minimum Gasteiger partial charge on any atom is -0.392 e. The van der Waals surface area contributed by atoms with Gasteiger partial charge in [0.15, 0.2) is 0 Å². The molecule has 0 amide bonds. The molecule has 0 aliphatic carbocycles. The van der Waals surface area contributed by atoms with Gasteiger partial charge in [0.25, 0.3) is 0 Å². The molecule has 0 unspecified atom stereocenters. The van der Waals surface area contributed by atoms with Crippen molar-refractivity contribution in [2.75, 3.05) is 0 Å². The third-order valence-corrected chi connectivity index (χ3v) is 3.10. The van der Waals surface area contributed by atoms with Crippen molar-refractivity contribution in [1.82, 2.24) is 0 Å². The SMILES string of the molecule is Cc1ccc(-c2ccc(C)cc2CO)c(C)c1. The highest BCUT2D eigenvalue weighted by Crippen LogP contribution is 2.28. The summed E-state index contributed by atoms with van der Waals surface area (Å²) in [6, 6.07) is 12.7. The Bertz CT molecular complexity index is 541. The molecule has 0 spiro atoms. The molecule has 88 valence electrons. The topological polar surface area (TPSA) is 20.2 Å². The number of benzene rings is 2. The van der Waals surface area contributed by atoms with E-state index in [9.17, 15) is 5.11 Å². The monoisotopic (exact) mass is 226 g/mol. The fraction of sp³-hybridized carbons (Fsp3) is 0.250. The van der Waals surface area contributed by atoms with Crippen LogP contribution in [0.3, 0.4) is 0 Å². The van der Waals surface area contributed by atoms with Crippen molar-refractivity contribution in [2.45, 2.75) is 27.4 Å². The second-order valence-electron chi connectivity index (χ2n) is 4.64. The van der Waals surface area contributed by atoms with E-state index in [-0.39, 0.29) is 6.61 Å². The van der Waals surface area contributed by atoms with Gasteiger partial charge in [0, 0.05) is 0 Å². The highest BCUT2D eigenvalue weighted by atomic mass is 16.3. The summed E-state index contributed by atoms with van der Waals surface area (Å²) in [6.45, 7) is 6.34. The van der Waals surface area contributed by atoms with E-state index < -0.39 is 0 Å². The van der Waals surface area contributed by atoms with Crippen molar-refractivity contribution < 1.29 is 5.11 Å². The third kappa shape index (κ3) is 2.40. The van der Waals surface area contributed by atoms with Crippen LogP contribution in [0.15, 0.2) is 36.4 Å². The molecule has 2 rings (SSSR count). The summed E-state index contributed by atoms with van der Waals surface area (Å²) >= 11 is 0. The van der Waals surface area contributed by atoms with E-state index in [4.69, 9.17) is 0 Å². The van der Waals surface area contributed by atoms with Gasteiger partial charge in [0.05, 0.1) is 6.61 Å². The van der Waals surface area contributed by atoms with Crippen molar-refractivity contribution in [1.29, 1.82) is 0 Å². The zero-order chi connectivity index (χ0) is 12.4. The van der Waals surface area contributed by atoms with Gasteiger partial charge in [-0.1, -0.05) is 47.5 Å². The van der Waals surface area contributed by atoms with Gasteiger partial charge in [-0.2, -0.15) is 0 Å². The lowest BCUT2D eigenvalue weighted by molar-refractivity contribution is 0.282. The molecule has 0 atom stereocenters. The molecule has 0 saturated carbocycles. The largest absolute Gasteiger partial charge is 0.392 e. The molecule has 1 N–H and O–H groups in total. The van der Waals surface area contributed by atoms with Gasteiger partial charge in [-0.05, 0) is 43.0 Å². The van der Waals surface area contributed by atoms with Gasteiger partial charge in [0.2, 0.25) is 0 Å². The summed E-state index contributed by atoms with van der Waals surface area (Å²) < 4.78 is 0. The lowest BCUT2D eigenvalue weighted by Crippen LogP contribution is -1.93. The zero-order valence-electron chi connectivity index (χ0n) is 10.6. The molecule has 1 nitrogen and oxygen atoms in total. The number of hydrogen-bond donors (Lipinski definition) is 1. The molecule has 0 aromatic heterocycles. The minimum atomic E-state index is 0.0876. The minimum absolute atomic E-state index is 0.0876. The normalized spacial score (nSPS) is 10.6. The molecular formula is C16H18O. The summed E-state index contributed by atoms with van der Waals surface area (Å²) in [5.41, 5.74) is 7.04. The molecule has 0 heterocycles. The maximum Gasteiger partial charge on any atom is 0.0687 e. The van der Waals surface area contributed by atoms with Crippen LogP contribution in [-0.2, 0) is 6.61 Å². The van der Waals surface area contributed by atoms with Crippen LogP contribution in [0.1, 0.15) is 22.3 Å². The average molecular weight is 226 g/mol.